The Morgan fingerprint density at radius 1 is 1.09 bits per heavy atom. The Bertz CT molecular complexity index is 606. The van der Waals surface area contributed by atoms with Gasteiger partial charge in [0.05, 0.1) is 5.25 Å². The molecule has 1 aliphatic carbocycles. The molecule has 5 heteroatoms. The minimum atomic E-state index is -3.09. The van der Waals surface area contributed by atoms with Gasteiger partial charge in [0.1, 0.15) is 0 Å². The van der Waals surface area contributed by atoms with Crippen LogP contribution in [0.5, 0.6) is 0 Å². The number of rotatable bonds is 5. The van der Waals surface area contributed by atoms with E-state index >= 15 is 0 Å². The number of piperidine rings is 1. The van der Waals surface area contributed by atoms with Crippen LogP contribution in [0.3, 0.4) is 0 Å². The number of nitrogens with zero attached hydrogens (tertiary/aromatic N) is 2. The molecule has 1 saturated heterocycles. The van der Waals surface area contributed by atoms with E-state index in [2.05, 4.69) is 43.3 Å². The summed E-state index contributed by atoms with van der Waals surface area (Å²) in [6.45, 7) is 1.60. The lowest BCUT2D eigenvalue weighted by molar-refractivity contribution is 0.255. The lowest BCUT2D eigenvalue weighted by Crippen LogP contribution is -2.40. The molecule has 0 bridgehead atoms. The van der Waals surface area contributed by atoms with E-state index in [4.69, 9.17) is 0 Å². The van der Waals surface area contributed by atoms with Crippen molar-refractivity contribution in [1.29, 1.82) is 0 Å². The van der Waals surface area contributed by atoms with Crippen LogP contribution in [0.25, 0.3) is 0 Å². The van der Waals surface area contributed by atoms with Gasteiger partial charge in [-0.2, -0.15) is 4.31 Å². The zero-order valence-electron chi connectivity index (χ0n) is 13.5. The molecule has 1 aromatic rings. The first-order valence-corrected chi connectivity index (χ1v) is 9.73. The Kier molecular flexibility index (Phi) is 4.57. The molecule has 2 fully saturated rings. The second-order valence-electron chi connectivity index (χ2n) is 6.85. The summed E-state index contributed by atoms with van der Waals surface area (Å²) in [5.74, 6) is 0. The third-order valence-corrected chi connectivity index (χ3v) is 6.99. The van der Waals surface area contributed by atoms with Crippen LogP contribution >= 0.6 is 0 Å². The van der Waals surface area contributed by atoms with Crippen molar-refractivity contribution in [3.8, 4) is 0 Å². The molecule has 1 heterocycles. The molecular formula is C17H26N2O2S. The van der Waals surface area contributed by atoms with E-state index in [-0.39, 0.29) is 11.3 Å². The molecule has 0 radical (unpaired) electrons. The Morgan fingerprint density at radius 3 is 2.36 bits per heavy atom. The van der Waals surface area contributed by atoms with Gasteiger partial charge in [0.2, 0.25) is 10.0 Å². The smallest absolute Gasteiger partial charge is 0.217 e. The fourth-order valence-electron chi connectivity index (χ4n) is 3.31. The second kappa shape index (κ2) is 6.30. The normalized spacial score (nSPS) is 23.9. The maximum absolute atomic E-state index is 12.7. The molecule has 0 spiro atoms. The van der Waals surface area contributed by atoms with Crippen LogP contribution < -0.4 is 0 Å². The largest absolute Gasteiger partial charge is 0.305 e. The first-order chi connectivity index (χ1) is 10.5. The zero-order valence-corrected chi connectivity index (χ0v) is 14.3. The van der Waals surface area contributed by atoms with Gasteiger partial charge in [0.15, 0.2) is 0 Å². The van der Waals surface area contributed by atoms with E-state index in [1.54, 1.807) is 4.31 Å². The zero-order chi connectivity index (χ0) is 15.7. The highest BCUT2D eigenvalue weighted by Gasteiger charge is 2.43. The SMILES string of the molecule is CN(C)Cc1ccc([C@H]2CCCCN2S(=O)(=O)C2CC2)cc1. The summed E-state index contributed by atoms with van der Waals surface area (Å²) in [6.07, 6.45) is 4.72. The van der Waals surface area contributed by atoms with Gasteiger partial charge in [-0.15, -0.1) is 0 Å². The molecule has 3 rings (SSSR count). The highest BCUT2D eigenvalue weighted by molar-refractivity contribution is 7.90. The van der Waals surface area contributed by atoms with Gasteiger partial charge in [-0.1, -0.05) is 30.7 Å². The van der Waals surface area contributed by atoms with Crippen molar-refractivity contribution >= 4 is 10.0 Å². The third kappa shape index (κ3) is 3.36. The van der Waals surface area contributed by atoms with Crippen molar-refractivity contribution < 1.29 is 8.42 Å². The summed E-state index contributed by atoms with van der Waals surface area (Å²) >= 11 is 0. The number of sulfonamides is 1. The van der Waals surface area contributed by atoms with Crippen molar-refractivity contribution in [2.24, 2.45) is 0 Å². The minimum Gasteiger partial charge on any atom is -0.305 e. The Hall–Kier alpha value is -0.910. The molecule has 2 aliphatic rings. The van der Waals surface area contributed by atoms with Crippen molar-refractivity contribution in [1.82, 2.24) is 9.21 Å². The number of benzene rings is 1. The predicted octanol–water partition coefficient (Wildman–Crippen LogP) is 2.77. The molecule has 1 aromatic carbocycles. The lowest BCUT2D eigenvalue weighted by atomic mass is 9.96. The lowest BCUT2D eigenvalue weighted by Gasteiger charge is -2.35. The first kappa shape index (κ1) is 16.0. The van der Waals surface area contributed by atoms with Gasteiger partial charge in [-0.25, -0.2) is 8.42 Å². The quantitative estimate of drug-likeness (QED) is 0.837. The number of hydrogen-bond donors (Lipinski definition) is 0. The maximum Gasteiger partial charge on any atom is 0.217 e. The summed E-state index contributed by atoms with van der Waals surface area (Å²) in [4.78, 5) is 2.14. The van der Waals surface area contributed by atoms with Gasteiger partial charge in [-0.05, 0) is 50.9 Å². The first-order valence-electron chi connectivity index (χ1n) is 8.23. The highest BCUT2D eigenvalue weighted by Crippen LogP contribution is 2.39. The molecule has 0 N–H and O–H groups in total. The van der Waals surface area contributed by atoms with Gasteiger partial charge in [-0.3, -0.25) is 0 Å². The molecule has 122 valence electrons. The molecule has 1 aliphatic heterocycles. The van der Waals surface area contributed by atoms with Gasteiger partial charge in [0, 0.05) is 19.1 Å². The maximum atomic E-state index is 12.7. The van der Waals surface area contributed by atoms with Crippen molar-refractivity contribution in [2.45, 2.75) is 49.9 Å². The van der Waals surface area contributed by atoms with E-state index in [1.807, 2.05) is 0 Å². The fraction of sp³-hybridized carbons (Fsp3) is 0.647. The van der Waals surface area contributed by atoms with Crippen molar-refractivity contribution in [2.75, 3.05) is 20.6 Å². The monoisotopic (exact) mass is 322 g/mol. The van der Waals surface area contributed by atoms with Crippen LogP contribution in [0, 0.1) is 0 Å². The van der Waals surface area contributed by atoms with Crippen molar-refractivity contribution in [3.63, 3.8) is 0 Å². The third-order valence-electron chi connectivity index (χ3n) is 4.59. The average molecular weight is 322 g/mol. The minimum absolute atomic E-state index is 0.0350. The number of hydrogen-bond acceptors (Lipinski definition) is 3. The van der Waals surface area contributed by atoms with Gasteiger partial charge >= 0.3 is 0 Å². The molecule has 0 aromatic heterocycles. The summed E-state index contributed by atoms with van der Waals surface area (Å²) in [7, 11) is 1.02. The summed E-state index contributed by atoms with van der Waals surface area (Å²) in [5, 5.41) is -0.110. The average Bonchev–Trinajstić information content (AvgIpc) is 3.32. The molecule has 22 heavy (non-hydrogen) atoms. The molecule has 4 nitrogen and oxygen atoms in total. The molecule has 0 amide bonds. The fourth-order valence-corrected chi connectivity index (χ4v) is 5.39. The van der Waals surface area contributed by atoms with Crippen LogP contribution in [-0.4, -0.2) is 43.5 Å². The topological polar surface area (TPSA) is 40.6 Å². The molecule has 0 unspecified atom stereocenters. The summed E-state index contributed by atoms with van der Waals surface area (Å²) in [6, 6.07) is 8.53. The molecule has 1 saturated carbocycles. The molecule has 1 atom stereocenters. The van der Waals surface area contributed by atoms with E-state index in [0.717, 1.165) is 44.2 Å². The van der Waals surface area contributed by atoms with Gasteiger partial charge in [0.25, 0.3) is 0 Å². The van der Waals surface area contributed by atoms with Crippen LogP contribution in [0.15, 0.2) is 24.3 Å². The Balaban J connectivity index is 1.81. The van der Waals surface area contributed by atoms with Crippen LogP contribution in [-0.2, 0) is 16.6 Å². The van der Waals surface area contributed by atoms with Crippen LogP contribution in [0.1, 0.15) is 49.3 Å². The van der Waals surface area contributed by atoms with E-state index in [9.17, 15) is 8.42 Å². The standard InChI is InChI=1S/C17H26N2O2S/c1-18(2)13-14-6-8-15(9-7-14)17-5-3-4-12-19(17)22(20,21)16-10-11-16/h6-9,16-17H,3-5,10-13H2,1-2H3/t17-/m1/s1. The van der Waals surface area contributed by atoms with E-state index in [0.29, 0.717) is 6.54 Å². The predicted molar refractivity (Wildman–Crippen MR) is 89.1 cm³/mol. The van der Waals surface area contributed by atoms with Gasteiger partial charge < -0.3 is 4.90 Å². The van der Waals surface area contributed by atoms with Crippen LogP contribution in [0.2, 0.25) is 0 Å². The van der Waals surface area contributed by atoms with E-state index in [1.165, 1.54) is 5.56 Å². The second-order valence-corrected chi connectivity index (χ2v) is 9.01. The van der Waals surface area contributed by atoms with Crippen molar-refractivity contribution in [3.05, 3.63) is 35.4 Å². The summed E-state index contributed by atoms with van der Waals surface area (Å²) in [5.41, 5.74) is 2.41. The van der Waals surface area contributed by atoms with E-state index < -0.39 is 10.0 Å². The Labute approximate surface area is 134 Å². The summed E-state index contributed by atoms with van der Waals surface area (Å²) < 4.78 is 27.1. The molecular weight excluding hydrogens is 296 g/mol. The highest BCUT2D eigenvalue weighted by atomic mass is 32.2. The van der Waals surface area contributed by atoms with Crippen LogP contribution in [0.4, 0.5) is 0 Å². The Morgan fingerprint density at radius 2 is 1.77 bits per heavy atom.